The molecule has 1 aliphatic rings. The van der Waals surface area contributed by atoms with Crippen molar-refractivity contribution in [2.75, 3.05) is 39.4 Å². The Hall–Kier alpha value is -2.71. The number of benzene rings is 1. The van der Waals surface area contributed by atoms with Crippen molar-refractivity contribution < 1.29 is 24.5 Å². The van der Waals surface area contributed by atoms with Crippen LogP contribution in [0.3, 0.4) is 0 Å². The lowest BCUT2D eigenvalue weighted by molar-refractivity contribution is 0.0374. The maximum atomic E-state index is 12.3. The van der Waals surface area contributed by atoms with E-state index in [0.717, 1.165) is 39.3 Å². The molecule has 1 aromatic carbocycles. The van der Waals surface area contributed by atoms with Crippen molar-refractivity contribution >= 4 is 22.8 Å². The van der Waals surface area contributed by atoms with E-state index in [1.165, 1.54) is 24.3 Å². The van der Waals surface area contributed by atoms with E-state index in [1.54, 1.807) is 0 Å². The maximum Gasteiger partial charge on any atom is 0.336 e. The molecule has 8 nitrogen and oxygen atoms in total. The van der Waals surface area contributed by atoms with Gasteiger partial charge in [0.2, 0.25) is 0 Å². The Morgan fingerprint density at radius 1 is 1.19 bits per heavy atom. The fourth-order valence-corrected chi connectivity index (χ4v) is 2.94. The number of phenols is 1. The third kappa shape index (κ3) is 4.09. The number of carboxylic acids is 1. The first-order valence-electron chi connectivity index (χ1n) is 8.50. The molecule has 3 rings (SSSR count). The summed E-state index contributed by atoms with van der Waals surface area (Å²) in [7, 11) is 0. The number of aromatic carboxylic acids is 1. The summed E-state index contributed by atoms with van der Waals surface area (Å²) in [4.78, 5) is 29.9. The molecular formula is C18H21N3O5. The highest BCUT2D eigenvalue weighted by atomic mass is 16.5. The summed E-state index contributed by atoms with van der Waals surface area (Å²) in [6.07, 6.45) is 0.813. The number of hydrogen-bond acceptors (Lipinski definition) is 6. The van der Waals surface area contributed by atoms with Gasteiger partial charge in [0.05, 0.1) is 18.8 Å². The lowest BCUT2D eigenvalue weighted by Gasteiger charge is -2.26. The number of nitrogens with one attached hydrogen (secondary N) is 1. The van der Waals surface area contributed by atoms with Gasteiger partial charge in [-0.15, -0.1) is 0 Å². The highest BCUT2D eigenvalue weighted by molar-refractivity contribution is 6.05. The van der Waals surface area contributed by atoms with Crippen molar-refractivity contribution in [3.05, 3.63) is 35.5 Å². The summed E-state index contributed by atoms with van der Waals surface area (Å²) in [6.45, 7) is 4.70. The monoisotopic (exact) mass is 359 g/mol. The van der Waals surface area contributed by atoms with Crippen molar-refractivity contribution in [2.45, 2.75) is 6.42 Å². The average Bonchev–Trinajstić information content (AvgIpc) is 2.66. The van der Waals surface area contributed by atoms with Crippen LogP contribution in [0, 0.1) is 0 Å². The normalized spacial score (nSPS) is 15.1. The number of phenolic OH excluding ortho intramolecular Hbond substituents is 1. The smallest absolute Gasteiger partial charge is 0.336 e. The van der Waals surface area contributed by atoms with Crippen LogP contribution in [0.5, 0.6) is 5.75 Å². The van der Waals surface area contributed by atoms with Gasteiger partial charge in [0.25, 0.3) is 5.91 Å². The van der Waals surface area contributed by atoms with Gasteiger partial charge in [-0.1, -0.05) is 0 Å². The Morgan fingerprint density at radius 2 is 1.96 bits per heavy atom. The molecule has 2 heterocycles. The fourth-order valence-electron chi connectivity index (χ4n) is 2.94. The zero-order valence-corrected chi connectivity index (χ0v) is 14.3. The third-order valence-electron chi connectivity index (χ3n) is 4.34. The van der Waals surface area contributed by atoms with Crippen LogP contribution in [0.25, 0.3) is 10.9 Å². The number of carboxylic acid groups (broad SMARTS) is 1. The van der Waals surface area contributed by atoms with Gasteiger partial charge in [0, 0.05) is 25.0 Å². The molecule has 0 saturated carbocycles. The highest BCUT2D eigenvalue weighted by Gasteiger charge is 2.15. The average molecular weight is 359 g/mol. The number of aromatic hydroxyl groups is 1. The number of amides is 1. The molecular weight excluding hydrogens is 338 g/mol. The van der Waals surface area contributed by atoms with E-state index in [2.05, 4.69) is 15.2 Å². The van der Waals surface area contributed by atoms with Crippen LogP contribution in [-0.4, -0.2) is 71.4 Å². The molecule has 0 unspecified atom stereocenters. The molecule has 2 aromatic rings. The van der Waals surface area contributed by atoms with Crippen molar-refractivity contribution in [2.24, 2.45) is 0 Å². The molecule has 1 amide bonds. The number of pyridine rings is 1. The van der Waals surface area contributed by atoms with Crippen LogP contribution in [-0.2, 0) is 4.74 Å². The second-order valence-electron chi connectivity index (χ2n) is 6.09. The number of ether oxygens (including phenoxy) is 1. The van der Waals surface area contributed by atoms with Gasteiger partial charge < -0.3 is 20.3 Å². The van der Waals surface area contributed by atoms with Crippen LogP contribution >= 0.6 is 0 Å². The topological polar surface area (TPSA) is 112 Å². The second kappa shape index (κ2) is 8.11. The Bertz CT molecular complexity index is 818. The van der Waals surface area contributed by atoms with Crippen LogP contribution < -0.4 is 5.32 Å². The van der Waals surface area contributed by atoms with Gasteiger partial charge in [-0.05, 0) is 37.2 Å². The van der Waals surface area contributed by atoms with E-state index >= 15 is 0 Å². The zero-order chi connectivity index (χ0) is 18.5. The van der Waals surface area contributed by atoms with Gasteiger partial charge in [-0.25, -0.2) is 9.78 Å². The summed E-state index contributed by atoms with van der Waals surface area (Å²) >= 11 is 0. The van der Waals surface area contributed by atoms with E-state index in [4.69, 9.17) is 4.74 Å². The van der Waals surface area contributed by atoms with Crippen LogP contribution in [0.4, 0.5) is 0 Å². The van der Waals surface area contributed by atoms with E-state index in [1.807, 2.05) is 0 Å². The number of rotatable bonds is 6. The molecule has 8 heteroatoms. The predicted octanol–water partition coefficient (Wildman–Crippen LogP) is 1.09. The van der Waals surface area contributed by atoms with Gasteiger partial charge >= 0.3 is 5.97 Å². The van der Waals surface area contributed by atoms with Crippen molar-refractivity contribution in [3.63, 3.8) is 0 Å². The minimum absolute atomic E-state index is 0.0303. The standard InChI is InChI=1S/C18H21N3O5/c22-15-5-3-13(18(24)25)12-2-4-14(20-16(12)15)17(23)19-6-1-7-21-8-10-26-11-9-21/h2-5,22H,1,6-11H2,(H,19,23)(H,24,25). The van der Waals surface area contributed by atoms with E-state index in [0.29, 0.717) is 11.9 Å². The minimum atomic E-state index is -1.11. The van der Waals surface area contributed by atoms with E-state index in [9.17, 15) is 19.8 Å². The first kappa shape index (κ1) is 18.1. The number of aromatic nitrogens is 1. The lowest BCUT2D eigenvalue weighted by Crippen LogP contribution is -2.38. The van der Waals surface area contributed by atoms with E-state index in [-0.39, 0.29) is 28.4 Å². The first-order valence-corrected chi connectivity index (χ1v) is 8.50. The van der Waals surface area contributed by atoms with Gasteiger partial charge in [0.1, 0.15) is 17.0 Å². The number of carbonyl (C=O) groups is 2. The molecule has 1 saturated heterocycles. The summed E-state index contributed by atoms with van der Waals surface area (Å²) in [5, 5.41) is 22.2. The Kier molecular flexibility index (Phi) is 5.65. The molecule has 0 aliphatic carbocycles. The molecule has 1 aromatic heterocycles. The van der Waals surface area contributed by atoms with Crippen LogP contribution in [0.2, 0.25) is 0 Å². The van der Waals surface area contributed by atoms with Gasteiger partial charge in [-0.2, -0.15) is 0 Å². The molecule has 0 atom stereocenters. The Morgan fingerprint density at radius 3 is 2.69 bits per heavy atom. The summed E-state index contributed by atoms with van der Waals surface area (Å²) in [5.41, 5.74) is 0.273. The second-order valence-corrected chi connectivity index (χ2v) is 6.09. The molecule has 1 fully saturated rings. The highest BCUT2D eigenvalue weighted by Crippen LogP contribution is 2.26. The summed E-state index contributed by atoms with van der Waals surface area (Å²) < 4.78 is 5.29. The van der Waals surface area contributed by atoms with E-state index < -0.39 is 5.97 Å². The first-order chi connectivity index (χ1) is 12.6. The SMILES string of the molecule is O=C(NCCCN1CCOCC1)c1ccc2c(C(=O)O)ccc(O)c2n1. The zero-order valence-electron chi connectivity index (χ0n) is 14.3. The van der Waals surface area contributed by atoms with Crippen molar-refractivity contribution in [1.82, 2.24) is 15.2 Å². The lowest BCUT2D eigenvalue weighted by atomic mass is 10.1. The van der Waals surface area contributed by atoms with Crippen LogP contribution in [0.15, 0.2) is 24.3 Å². The number of nitrogens with zero attached hydrogens (tertiary/aromatic N) is 2. The summed E-state index contributed by atoms with van der Waals surface area (Å²) in [5.74, 6) is -1.63. The molecule has 0 spiro atoms. The van der Waals surface area contributed by atoms with Crippen molar-refractivity contribution in [3.8, 4) is 5.75 Å². The van der Waals surface area contributed by atoms with Gasteiger partial charge in [0.15, 0.2) is 0 Å². The number of fused-ring (bicyclic) bond motifs is 1. The fraction of sp³-hybridized carbons (Fsp3) is 0.389. The molecule has 3 N–H and O–H groups in total. The molecule has 138 valence electrons. The molecule has 0 radical (unpaired) electrons. The maximum absolute atomic E-state index is 12.3. The van der Waals surface area contributed by atoms with Crippen LogP contribution in [0.1, 0.15) is 27.3 Å². The molecule has 0 bridgehead atoms. The number of morpholine rings is 1. The van der Waals surface area contributed by atoms with Gasteiger partial charge in [-0.3, -0.25) is 9.69 Å². The Balaban J connectivity index is 1.63. The summed E-state index contributed by atoms with van der Waals surface area (Å²) in [6, 6.07) is 5.54. The largest absolute Gasteiger partial charge is 0.506 e. The third-order valence-corrected chi connectivity index (χ3v) is 4.34. The van der Waals surface area contributed by atoms with Crippen molar-refractivity contribution in [1.29, 1.82) is 0 Å². The number of carbonyl (C=O) groups excluding carboxylic acids is 1. The molecule has 26 heavy (non-hydrogen) atoms. The predicted molar refractivity (Wildman–Crippen MR) is 94.6 cm³/mol. The number of hydrogen-bond donors (Lipinski definition) is 3. The molecule has 1 aliphatic heterocycles. The quantitative estimate of drug-likeness (QED) is 0.662. The minimum Gasteiger partial charge on any atom is -0.506 e. The Labute approximate surface area is 150 Å².